The van der Waals surface area contributed by atoms with Crippen LogP contribution in [0, 0.1) is 5.41 Å². The Morgan fingerprint density at radius 2 is 1.91 bits per heavy atom. The molecule has 0 aliphatic carbocycles. The fraction of sp³-hybridized carbons (Fsp3) is 0.429. The molecule has 120 valence electrons. The third-order valence-electron chi connectivity index (χ3n) is 3.04. The molecule has 0 aliphatic rings. The van der Waals surface area contributed by atoms with Gasteiger partial charge in [-0.15, -0.1) is 0 Å². The molecule has 6 nitrogen and oxygen atoms in total. The molecular weight excluding hydrogens is 322 g/mol. The van der Waals surface area contributed by atoms with E-state index in [1.54, 1.807) is 12.1 Å². The van der Waals surface area contributed by atoms with Crippen LogP contribution in [-0.2, 0) is 14.8 Å². The number of anilines is 1. The number of carbonyl (C=O) groups excluding carboxylic acids is 1. The van der Waals surface area contributed by atoms with Crippen LogP contribution in [0.5, 0.6) is 0 Å². The molecule has 0 fully saturated rings. The van der Waals surface area contributed by atoms with Gasteiger partial charge in [0.15, 0.2) is 5.13 Å². The van der Waals surface area contributed by atoms with Gasteiger partial charge in [0.2, 0.25) is 15.9 Å². The van der Waals surface area contributed by atoms with Gasteiger partial charge in [0.05, 0.1) is 15.1 Å². The molecular formula is C14H19N3O3S2. The van der Waals surface area contributed by atoms with Crippen LogP contribution in [-0.4, -0.2) is 37.7 Å². The summed E-state index contributed by atoms with van der Waals surface area (Å²) in [5, 5.41) is 3.23. The van der Waals surface area contributed by atoms with Crippen LogP contribution >= 0.6 is 11.3 Å². The maximum absolute atomic E-state index is 12.1. The molecule has 0 aliphatic heterocycles. The summed E-state index contributed by atoms with van der Waals surface area (Å²) in [7, 11) is -0.506. The highest BCUT2D eigenvalue weighted by molar-refractivity contribution is 7.89. The number of fused-ring (bicyclic) bond motifs is 1. The fourth-order valence-electron chi connectivity index (χ4n) is 1.61. The van der Waals surface area contributed by atoms with Crippen LogP contribution in [0.2, 0.25) is 0 Å². The van der Waals surface area contributed by atoms with Gasteiger partial charge in [-0.2, -0.15) is 0 Å². The van der Waals surface area contributed by atoms with Crippen LogP contribution < -0.4 is 5.32 Å². The summed E-state index contributed by atoms with van der Waals surface area (Å²) in [5.41, 5.74) is 0.143. The topological polar surface area (TPSA) is 79.4 Å². The Morgan fingerprint density at radius 1 is 1.27 bits per heavy atom. The monoisotopic (exact) mass is 341 g/mol. The molecule has 0 unspecified atom stereocenters. The molecule has 1 amide bonds. The third-order valence-corrected chi connectivity index (χ3v) is 5.78. The fourth-order valence-corrected chi connectivity index (χ4v) is 3.52. The molecule has 0 saturated carbocycles. The van der Waals surface area contributed by atoms with Gasteiger partial charge in [-0.05, 0) is 18.2 Å². The predicted molar refractivity (Wildman–Crippen MR) is 88.6 cm³/mol. The van der Waals surface area contributed by atoms with Crippen molar-refractivity contribution in [2.75, 3.05) is 19.4 Å². The molecule has 8 heteroatoms. The number of hydrogen-bond acceptors (Lipinski definition) is 5. The van der Waals surface area contributed by atoms with Crippen LogP contribution in [0.15, 0.2) is 23.1 Å². The largest absolute Gasteiger partial charge is 0.301 e. The average molecular weight is 341 g/mol. The molecule has 0 radical (unpaired) electrons. The molecule has 2 rings (SSSR count). The summed E-state index contributed by atoms with van der Waals surface area (Å²) in [4.78, 5) is 16.5. The number of thiazole rings is 1. The first kappa shape index (κ1) is 16.9. The molecule has 2 aromatic rings. The summed E-state index contributed by atoms with van der Waals surface area (Å²) in [6.45, 7) is 5.45. The minimum atomic E-state index is -3.48. The highest BCUT2D eigenvalue weighted by Crippen LogP contribution is 2.29. The van der Waals surface area contributed by atoms with Gasteiger partial charge in [-0.1, -0.05) is 32.1 Å². The Kier molecular flexibility index (Phi) is 4.29. The third kappa shape index (κ3) is 3.29. The molecule has 1 N–H and O–H groups in total. The lowest BCUT2D eigenvalue weighted by Gasteiger charge is -2.15. The van der Waals surface area contributed by atoms with E-state index in [1.807, 2.05) is 20.8 Å². The second-order valence-electron chi connectivity index (χ2n) is 6.14. The van der Waals surface area contributed by atoms with E-state index in [4.69, 9.17) is 0 Å². The van der Waals surface area contributed by atoms with Crippen molar-refractivity contribution in [3.05, 3.63) is 18.2 Å². The number of rotatable bonds is 3. The Bertz CT molecular complexity index is 817. The predicted octanol–water partition coefficient (Wildman–Crippen LogP) is 2.53. The number of hydrogen-bond donors (Lipinski definition) is 1. The van der Waals surface area contributed by atoms with Crippen LogP contribution in [0.25, 0.3) is 10.2 Å². The lowest BCUT2D eigenvalue weighted by Crippen LogP contribution is -2.27. The maximum Gasteiger partial charge on any atom is 0.242 e. The van der Waals surface area contributed by atoms with Crippen molar-refractivity contribution in [2.24, 2.45) is 5.41 Å². The molecule has 0 saturated heterocycles. The standard InChI is InChI=1S/C14H19N3O3S2/c1-14(2,3)12(18)16-13-15-10-7-6-9(8-11(10)21-13)22(19,20)17(4)5/h6-8H,1-5H3,(H,15,16,18). The smallest absolute Gasteiger partial charge is 0.242 e. The van der Waals surface area contributed by atoms with Gasteiger partial charge < -0.3 is 5.32 Å². The van der Waals surface area contributed by atoms with E-state index in [1.165, 1.54) is 31.5 Å². The Hall–Kier alpha value is -1.51. The summed E-state index contributed by atoms with van der Waals surface area (Å²) in [6.07, 6.45) is 0. The number of sulfonamides is 1. The SMILES string of the molecule is CN(C)S(=O)(=O)c1ccc2nc(NC(=O)C(C)(C)C)sc2c1. The number of aromatic nitrogens is 1. The van der Waals surface area contributed by atoms with E-state index >= 15 is 0 Å². The van der Waals surface area contributed by atoms with Crippen molar-refractivity contribution < 1.29 is 13.2 Å². The first-order valence-electron chi connectivity index (χ1n) is 6.66. The van der Waals surface area contributed by atoms with Crippen molar-refractivity contribution in [3.8, 4) is 0 Å². The van der Waals surface area contributed by atoms with E-state index in [0.29, 0.717) is 15.3 Å². The Labute approximate surface area is 134 Å². The highest BCUT2D eigenvalue weighted by Gasteiger charge is 2.23. The van der Waals surface area contributed by atoms with Gasteiger partial charge in [0.25, 0.3) is 0 Å². The van der Waals surface area contributed by atoms with E-state index < -0.39 is 15.4 Å². The molecule has 0 spiro atoms. The Balaban J connectivity index is 2.39. The minimum Gasteiger partial charge on any atom is -0.301 e. The van der Waals surface area contributed by atoms with Crippen LogP contribution in [0.1, 0.15) is 20.8 Å². The van der Waals surface area contributed by atoms with E-state index in [9.17, 15) is 13.2 Å². The maximum atomic E-state index is 12.1. The van der Waals surface area contributed by atoms with Gasteiger partial charge >= 0.3 is 0 Å². The van der Waals surface area contributed by atoms with Crippen LogP contribution in [0.3, 0.4) is 0 Å². The number of carbonyl (C=O) groups is 1. The molecule has 1 heterocycles. The zero-order valence-electron chi connectivity index (χ0n) is 13.2. The molecule has 1 aromatic heterocycles. The van der Waals surface area contributed by atoms with Crippen molar-refractivity contribution >= 4 is 42.6 Å². The average Bonchev–Trinajstić information content (AvgIpc) is 2.78. The van der Waals surface area contributed by atoms with E-state index in [-0.39, 0.29) is 10.8 Å². The van der Waals surface area contributed by atoms with E-state index in [2.05, 4.69) is 10.3 Å². The number of nitrogens with one attached hydrogen (secondary N) is 1. The lowest BCUT2D eigenvalue weighted by atomic mass is 9.96. The van der Waals surface area contributed by atoms with Crippen molar-refractivity contribution in [1.29, 1.82) is 0 Å². The normalized spacial score (nSPS) is 12.8. The summed E-state index contributed by atoms with van der Waals surface area (Å²) in [5.74, 6) is -0.132. The second-order valence-corrected chi connectivity index (χ2v) is 9.32. The van der Waals surface area contributed by atoms with Gasteiger partial charge in [-0.25, -0.2) is 17.7 Å². The van der Waals surface area contributed by atoms with Crippen molar-refractivity contribution in [2.45, 2.75) is 25.7 Å². The lowest BCUT2D eigenvalue weighted by molar-refractivity contribution is -0.123. The number of benzene rings is 1. The zero-order chi connectivity index (χ0) is 16.7. The van der Waals surface area contributed by atoms with Gasteiger partial charge in [0.1, 0.15) is 0 Å². The number of amides is 1. The summed E-state index contributed by atoms with van der Waals surface area (Å²) < 4.78 is 26.1. The summed E-state index contributed by atoms with van der Waals surface area (Å²) >= 11 is 1.26. The van der Waals surface area contributed by atoms with Crippen molar-refractivity contribution in [1.82, 2.24) is 9.29 Å². The molecule has 1 aromatic carbocycles. The van der Waals surface area contributed by atoms with E-state index in [0.717, 1.165) is 4.31 Å². The van der Waals surface area contributed by atoms with Crippen LogP contribution in [0.4, 0.5) is 5.13 Å². The zero-order valence-corrected chi connectivity index (χ0v) is 14.8. The number of nitrogens with zero attached hydrogens (tertiary/aromatic N) is 2. The summed E-state index contributed by atoms with van der Waals surface area (Å²) in [6, 6.07) is 4.75. The molecule has 0 bridgehead atoms. The first-order valence-corrected chi connectivity index (χ1v) is 8.92. The quantitative estimate of drug-likeness (QED) is 0.930. The molecule has 0 atom stereocenters. The van der Waals surface area contributed by atoms with Gasteiger partial charge in [-0.3, -0.25) is 4.79 Å². The van der Waals surface area contributed by atoms with Gasteiger partial charge in [0, 0.05) is 19.5 Å². The highest BCUT2D eigenvalue weighted by atomic mass is 32.2. The Morgan fingerprint density at radius 3 is 2.45 bits per heavy atom. The minimum absolute atomic E-state index is 0.132. The first-order chi connectivity index (χ1) is 10.0. The molecule has 22 heavy (non-hydrogen) atoms. The van der Waals surface area contributed by atoms with Crippen molar-refractivity contribution in [3.63, 3.8) is 0 Å². The second kappa shape index (κ2) is 5.60.